The minimum Gasteiger partial charge on any atom is -0.421 e. The highest BCUT2D eigenvalue weighted by atomic mass is 16.5. The topological polar surface area (TPSA) is 52.8 Å². The van der Waals surface area contributed by atoms with E-state index in [0.717, 1.165) is 0 Å². The van der Waals surface area contributed by atoms with Gasteiger partial charge in [0.2, 0.25) is 0 Å². The van der Waals surface area contributed by atoms with Crippen molar-refractivity contribution in [2.24, 2.45) is 7.05 Å². The molecule has 2 aromatic rings. The van der Waals surface area contributed by atoms with Gasteiger partial charge in [0.1, 0.15) is 0 Å². The average molecular weight is 176 g/mol. The molecule has 0 saturated heterocycles. The fourth-order valence-corrected chi connectivity index (χ4v) is 0.895. The van der Waals surface area contributed by atoms with Gasteiger partial charge in [0.25, 0.3) is 0 Å². The van der Waals surface area contributed by atoms with Crippen LogP contribution in [0.2, 0.25) is 0 Å². The highest BCUT2D eigenvalue weighted by Crippen LogP contribution is 2.14. The predicted molar refractivity (Wildman–Crippen MR) is 45.3 cm³/mol. The highest BCUT2D eigenvalue weighted by molar-refractivity contribution is 5.16. The lowest BCUT2D eigenvalue weighted by atomic mass is 10.6. The van der Waals surface area contributed by atoms with Gasteiger partial charge in [-0.25, -0.2) is 9.97 Å². The van der Waals surface area contributed by atoms with E-state index in [4.69, 9.17) is 4.74 Å². The summed E-state index contributed by atoms with van der Waals surface area (Å²) in [5, 5.41) is 3.95. The molecule has 0 saturated carbocycles. The van der Waals surface area contributed by atoms with Crippen molar-refractivity contribution in [3.63, 3.8) is 0 Å². The van der Waals surface area contributed by atoms with Crippen LogP contribution in [0.15, 0.2) is 30.9 Å². The molecule has 66 valence electrons. The number of hydrogen-bond acceptors (Lipinski definition) is 4. The minimum absolute atomic E-state index is 0.329. The van der Waals surface area contributed by atoms with E-state index in [9.17, 15) is 0 Å². The largest absolute Gasteiger partial charge is 0.421 e. The number of aryl methyl sites for hydroxylation is 1. The van der Waals surface area contributed by atoms with E-state index in [2.05, 4.69) is 15.1 Å². The smallest absolute Gasteiger partial charge is 0.321 e. The fraction of sp³-hybridized carbons (Fsp3) is 0.125. The van der Waals surface area contributed by atoms with Crippen molar-refractivity contribution in [3.05, 3.63) is 30.9 Å². The van der Waals surface area contributed by atoms with Crippen LogP contribution in [0.25, 0.3) is 0 Å². The van der Waals surface area contributed by atoms with Crippen LogP contribution in [-0.2, 0) is 7.05 Å². The van der Waals surface area contributed by atoms with Gasteiger partial charge < -0.3 is 4.74 Å². The standard InChI is InChI=1S/C8H8N4O/c1-12-6-7(5-11-12)13-8-9-3-2-4-10-8/h2-6H,1H3. The Morgan fingerprint density at radius 1 is 1.31 bits per heavy atom. The first-order valence-corrected chi connectivity index (χ1v) is 3.78. The van der Waals surface area contributed by atoms with Gasteiger partial charge in [-0.15, -0.1) is 0 Å². The summed E-state index contributed by atoms with van der Waals surface area (Å²) in [6, 6.07) is 2.06. The third-order valence-electron chi connectivity index (χ3n) is 1.43. The van der Waals surface area contributed by atoms with Crippen molar-refractivity contribution in [3.8, 4) is 11.8 Å². The van der Waals surface area contributed by atoms with Crippen molar-refractivity contribution in [1.82, 2.24) is 19.7 Å². The van der Waals surface area contributed by atoms with Crippen molar-refractivity contribution < 1.29 is 4.74 Å². The molecule has 0 N–H and O–H groups in total. The van der Waals surface area contributed by atoms with Gasteiger partial charge >= 0.3 is 6.01 Å². The van der Waals surface area contributed by atoms with Gasteiger partial charge in [-0.05, 0) is 6.07 Å². The Morgan fingerprint density at radius 3 is 2.69 bits per heavy atom. The first-order valence-electron chi connectivity index (χ1n) is 3.78. The maximum atomic E-state index is 5.29. The van der Waals surface area contributed by atoms with Crippen LogP contribution in [-0.4, -0.2) is 19.7 Å². The first kappa shape index (κ1) is 7.72. The Morgan fingerprint density at radius 2 is 2.08 bits per heavy atom. The predicted octanol–water partition coefficient (Wildman–Crippen LogP) is 1.00. The van der Waals surface area contributed by atoms with Crippen LogP contribution in [0.5, 0.6) is 11.8 Å². The number of rotatable bonds is 2. The molecule has 0 unspecified atom stereocenters. The van der Waals surface area contributed by atoms with Crippen LogP contribution in [0.4, 0.5) is 0 Å². The molecule has 0 fully saturated rings. The zero-order valence-corrected chi connectivity index (χ0v) is 7.08. The third-order valence-corrected chi connectivity index (χ3v) is 1.43. The Bertz CT molecular complexity index is 384. The van der Waals surface area contributed by atoms with E-state index in [1.54, 1.807) is 35.5 Å². The van der Waals surface area contributed by atoms with Crippen molar-refractivity contribution >= 4 is 0 Å². The Balaban J connectivity index is 2.15. The second-order valence-electron chi connectivity index (χ2n) is 2.48. The summed E-state index contributed by atoms with van der Waals surface area (Å²) in [5.74, 6) is 0.633. The van der Waals surface area contributed by atoms with E-state index in [1.807, 2.05) is 7.05 Å². The van der Waals surface area contributed by atoms with Gasteiger partial charge in [-0.1, -0.05) is 0 Å². The van der Waals surface area contributed by atoms with Crippen molar-refractivity contribution in [2.75, 3.05) is 0 Å². The van der Waals surface area contributed by atoms with Crippen molar-refractivity contribution in [2.45, 2.75) is 0 Å². The maximum absolute atomic E-state index is 5.29. The Kier molecular flexibility index (Phi) is 1.91. The van der Waals surface area contributed by atoms with Gasteiger partial charge in [0.05, 0.1) is 12.4 Å². The lowest BCUT2D eigenvalue weighted by Gasteiger charge is -1.97. The van der Waals surface area contributed by atoms with Crippen LogP contribution in [0, 0.1) is 0 Å². The van der Waals surface area contributed by atoms with E-state index < -0.39 is 0 Å². The van der Waals surface area contributed by atoms with E-state index in [0.29, 0.717) is 11.8 Å². The molecule has 0 atom stereocenters. The molecule has 13 heavy (non-hydrogen) atoms. The molecule has 0 aromatic carbocycles. The molecular formula is C8H8N4O. The van der Waals surface area contributed by atoms with Crippen molar-refractivity contribution in [1.29, 1.82) is 0 Å². The quantitative estimate of drug-likeness (QED) is 0.685. The molecule has 2 aromatic heterocycles. The number of aromatic nitrogens is 4. The number of ether oxygens (including phenoxy) is 1. The molecule has 5 heteroatoms. The second kappa shape index (κ2) is 3.22. The third kappa shape index (κ3) is 1.81. The van der Waals surface area contributed by atoms with Crippen LogP contribution in [0.1, 0.15) is 0 Å². The Labute approximate surface area is 75.0 Å². The van der Waals surface area contributed by atoms with E-state index in [-0.39, 0.29) is 0 Å². The minimum atomic E-state index is 0.329. The summed E-state index contributed by atoms with van der Waals surface area (Å²) >= 11 is 0. The molecule has 2 rings (SSSR count). The van der Waals surface area contributed by atoms with Gasteiger partial charge in [0.15, 0.2) is 5.75 Å². The van der Waals surface area contributed by atoms with Gasteiger partial charge in [-0.2, -0.15) is 5.10 Å². The SMILES string of the molecule is Cn1cc(Oc2ncccn2)cn1. The molecule has 0 aliphatic carbocycles. The van der Waals surface area contributed by atoms with E-state index in [1.165, 1.54) is 0 Å². The number of hydrogen-bond donors (Lipinski definition) is 0. The second-order valence-corrected chi connectivity index (χ2v) is 2.48. The monoisotopic (exact) mass is 176 g/mol. The molecular weight excluding hydrogens is 168 g/mol. The van der Waals surface area contributed by atoms with E-state index >= 15 is 0 Å². The summed E-state index contributed by atoms with van der Waals surface area (Å²) in [7, 11) is 1.82. The van der Waals surface area contributed by atoms with Crippen LogP contribution < -0.4 is 4.74 Å². The zero-order chi connectivity index (χ0) is 9.10. The fourth-order valence-electron chi connectivity index (χ4n) is 0.895. The highest BCUT2D eigenvalue weighted by Gasteiger charge is 1.99. The normalized spacial score (nSPS) is 9.92. The lowest BCUT2D eigenvalue weighted by molar-refractivity contribution is 0.441. The molecule has 0 amide bonds. The zero-order valence-electron chi connectivity index (χ0n) is 7.08. The molecule has 0 aliphatic rings. The van der Waals surface area contributed by atoms with Gasteiger partial charge in [-0.3, -0.25) is 4.68 Å². The van der Waals surface area contributed by atoms with Gasteiger partial charge in [0, 0.05) is 19.4 Å². The summed E-state index contributed by atoms with van der Waals surface area (Å²) < 4.78 is 6.94. The van der Waals surface area contributed by atoms with Crippen LogP contribution in [0.3, 0.4) is 0 Å². The molecule has 0 radical (unpaired) electrons. The molecule has 0 bridgehead atoms. The lowest BCUT2D eigenvalue weighted by Crippen LogP contribution is -1.88. The first-order chi connectivity index (χ1) is 6.34. The summed E-state index contributed by atoms with van der Waals surface area (Å²) in [5.41, 5.74) is 0. The summed E-state index contributed by atoms with van der Waals surface area (Å²) in [6.07, 6.45) is 6.60. The molecule has 0 spiro atoms. The summed E-state index contributed by atoms with van der Waals surface area (Å²) in [6.45, 7) is 0. The number of nitrogens with zero attached hydrogens (tertiary/aromatic N) is 4. The molecule has 0 aliphatic heterocycles. The van der Waals surface area contributed by atoms with Crippen LogP contribution >= 0.6 is 0 Å². The molecule has 5 nitrogen and oxygen atoms in total. The summed E-state index contributed by atoms with van der Waals surface area (Å²) in [4.78, 5) is 7.83. The average Bonchev–Trinajstić information content (AvgIpc) is 2.53. The maximum Gasteiger partial charge on any atom is 0.321 e. The Hall–Kier alpha value is -1.91. The molecule has 2 heterocycles.